The quantitative estimate of drug-likeness (QED) is 0.778. The van der Waals surface area contributed by atoms with Crippen LogP contribution in [0.25, 0.3) is 0 Å². The van der Waals surface area contributed by atoms with Crippen LogP contribution in [0, 0.1) is 0 Å². The van der Waals surface area contributed by atoms with E-state index in [1.165, 1.54) is 26.2 Å². The van der Waals surface area contributed by atoms with Gasteiger partial charge in [0.05, 0.1) is 11.3 Å². The van der Waals surface area contributed by atoms with Crippen LogP contribution in [0.5, 0.6) is 0 Å². The smallest absolute Gasteiger partial charge is 0.242 e. The molecule has 118 valence electrons. The first-order chi connectivity index (χ1) is 9.73. The first kappa shape index (κ1) is 17.6. The van der Waals surface area contributed by atoms with Crippen LogP contribution in [0.2, 0.25) is 0 Å². The third-order valence-electron chi connectivity index (χ3n) is 2.95. The molecule has 0 aromatic heterocycles. The highest BCUT2D eigenvalue weighted by Gasteiger charge is 2.16. The number of amides is 1. The fourth-order valence-electron chi connectivity index (χ4n) is 1.66. The molecular formula is C14H23N3O3S. The van der Waals surface area contributed by atoms with Crippen molar-refractivity contribution in [3.05, 3.63) is 29.8 Å². The van der Waals surface area contributed by atoms with Crippen molar-refractivity contribution in [1.82, 2.24) is 14.5 Å². The Morgan fingerprint density at radius 1 is 1.10 bits per heavy atom. The summed E-state index contributed by atoms with van der Waals surface area (Å²) >= 11 is 0. The van der Waals surface area contributed by atoms with E-state index in [0.29, 0.717) is 6.54 Å². The Labute approximate surface area is 126 Å². The van der Waals surface area contributed by atoms with Crippen molar-refractivity contribution in [2.75, 3.05) is 41.3 Å². The Kier molecular flexibility index (Phi) is 6.32. The van der Waals surface area contributed by atoms with E-state index in [2.05, 4.69) is 5.32 Å². The summed E-state index contributed by atoms with van der Waals surface area (Å²) in [5, 5.41) is 2.82. The summed E-state index contributed by atoms with van der Waals surface area (Å²) in [5.41, 5.74) is 0.787. The Morgan fingerprint density at radius 2 is 1.67 bits per heavy atom. The van der Waals surface area contributed by atoms with Crippen LogP contribution in [-0.2, 0) is 21.2 Å². The largest absolute Gasteiger partial charge is 0.355 e. The van der Waals surface area contributed by atoms with Crippen LogP contribution in [0.3, 0.4) is 0 Å². The summed E-state index contributed by atoms with van der Waals surface area (Å²) in [6.45, 7) is 1.38. The highest BCUT2D eigenvalue weighted by Crippen LogP contribution is 2.14. The van der Waals surface area contributed by atoms with E-state index in [0.717, 1.165) is 16.4 Å². The van der Waals surface area contributed by atoms with Crippen molar-refractivity contribution in [2.45, 2.75) is 11.3 Å². The van der Waals surface area contributed by atoms with E-state index in [9.17, 15) is 13.2 Å². The van der Waals surface area contributed by atoms with E-state index in [-0.39, 0.29) is 17.2 Å². The summed E-state index contributed by atoms with van der Waals surface area (Å²) in [6.07, 6.45) is 0.246. The number of carbonyl (C=O) groups is 1. The van der Waals surface area contributed by atoms with Gasteiger partial charge in [0.1, 0.15) is 0 Å². The molecule has 0 unspecified atom stereocenters. The molecule has 0 aliphatic rings. The molecule has 0 spiro atoms. The molecule has 1 aromatic carbocycles. The summed E-state index contributed by atoms with van der Waals surface area (Å²) in [5.74, 6) is -0.0694. The fraction of sp³-hybridized carbons (Fsp3) is 0.500. The molecule has 7 heteroatoms. The van der Waals surface area contributed by atoms with Gasteiger partial charge in [0, 0.05) is 27.2 Å². The maximum atomic E-state index is 11.9. The van der Waals surface area contributed by atoms with Gasteiger partial charge in [0.25, 0.3) is 0 Å². The first-order valence-electron chi connectivity index (χ1n) is 6.66. The van der Waals surface area contributed by atoms with Crippen LogP contribution >= 0.6 is 0 Å². The lowest BCUT2D eigenvalue weighted by molar-refractivity contribution is -0.120. The van der Waals surface area contributed by atoms with Crippen LogP contribution in [0.4, 0.5) is 0 Å². The molecule has 1 amide bonds. The van der Waals surface area contributed by atoms with Crippen LogP contribution in [0.1, 0.15) is 5.56 Å². The summed E-state index contributed by atoms with van der Waals surface area (Å²) in [7, 11) is 3.44. The number of carbonyl (C=O) groups excluding carboxylic acids is 1. The first-order valence-corrected chi connectivity index (χ1v) is 8.10. The third kappa shape index (κ3) is 5.45. The van der Waals surface area contributed by atoms with Gasteiger partial charge in [0.2, 0.25) is 15.9 Å². The van der Waals surface area contributed by atoms with Crippen molar-refractivity contribution in [3.8, 4) is 0 Å². The van der Waals surface area contributed by atoms with Crippen molar-refractivity contribution in [2.24, 2.45) is 0 Å². The number of nitrogens with zero attached hydrogens (tertiary/aromatic N) is 2. The van der Waals surface area contributed by atoms with Crippen molar-refractivity contribution >= 4 is 15.9 Å². The second kappa shape index (κ2) is 7.53. The number of hydrogen-bond acceptors (Lipinski definition) is 4. The molecule has 0 saturated heterocycles. The minimum Gasteiger partial charge on any atom is -0.355 e. The minimum absolute atomic E-state index is 0.0694. The van der Waals surface area contributed by atoms with E-state index in [1.807, 2.05) is 19.0 Å². The lowest BCUT2D eigenvalue weighted by Crippen LogP contribution is -2.32. The molecule has 0 fully saturated rings. The average molecular weight is 313 g/mol. The van der Waals surface area contributed by atoms with Gasteiger partial charge in [-0.15, -0.1) is 0 Å². The fourth-order valence-corrected chi connectivity index (χ4v) is 2.56. The minimum atomic E-state index is -3.42. The predicted octanol–water partition coefficient (Wildman–Crippen LogP) is 0.157. The van der Waals surface area contributed by atoms with Gasteiger partial charge in [-0.1, -0.05) is 12.1 Å². The molecule has 0 aliphatic heterocycles. The lowest BCUT2D eigenvalue weighted by atomic mass is 10.1. The molecule has 21 heavy (non-hydrogen) atoms. The van der Waals surface area contributed by atoms with Gasteiger partial charge < -0.3 is 10.2 Å². The highest BCUT2D eigenvalue weighted by molar-refractivity contribution is 7.89. The predicted molar refractivity (Wildman–Crippen MR) is 82.6 cm³/mol. The van der Waals surface area contributed by atoms with Crippen molar-refractivity contribution in [1.29, 1.82) is 0 Å². The SMILES string of the molecule is CN(C)CCNC(=O)Cc1ccc(S(=O)(=O)N(C)C)cc1. The maximum Gasteiger partial charge on any atom is 0.242 e. The zero-order chi connectivity index (χ0) is 16.0. The van der Waals surface area contributed by atoms with Gasteiger partial charge in [0.15, 0.2) is 0 Å². The van der Waals surface area contributed by atoms with E-state index in [4.69, 9.17) is 0 Å². The van der Waals surface area contributed by atoms with Crippen LogP contribution in [-0.4, -0.2) is 64.8 Å². The number of sulfonamides is 1. The molecular weight excluding hydrogens is 290 g/mol. The van der Waals surface area contributed by atoms with Crippen LogP contribution in [0.15, 0.2) is 29.2 Å². The van der Waals surface area contributed by atoms with Crippen molar-refractivity contribution in [3.63, 3.8) is 0 Å². The molecule has 0 bridgehead atoms. The van der Waals surface area contributed by atoms with Crippen LogP contribution < -0.4 is 5.32 Å². The number of benzene rings is 1. The Hall–Kier alpha value is -1.44. The molecule has 1 aromatic rings. The summed E-state index contributed by atoms with van der Waals surface area (Å²) in [4.78, 5) is 13.9. The molecule has 0 atom stereocenters. The molecule has 1 rings (SSSR count). The monoisotopic (exact) mass is 313 g/mol. The highest BCUT2D eigenvalue weighted by atomic mass is 32.2. The van der Waals surface area contributed by atoms with Crippen molar-refractivity contribution < 1.29 is 13.2 Å². The van der Waals surface area contributed by atoms with Gasteiger partial charge in [-0.05, 0) is 31.8 Å². The molecule has 0 aliphatic carbocycles. The number of hydrogen-bond donors (Lipinski definition) is 1. The normalized spacial score (nSPS) is 11.9. The van der Waals surface area contributed by atoms with E-state index >= 15 is 0 Å². The molecule has 1 N–H and O–H groups in total. The zero-order valence-corrected chi connectivity index (χ0v) is 13.8. The lowest BCUT2D eigenvalue weighted by Gasteiger charge is -2.12. The zero-order valence-electron chi connectivity index (χ0n) is 13.0. The second-order valence-electron chi connectivity index (χ2n) is 5.26. The second-order valence-corrected chi connectivity index (χ2v) is 7.41. The summed E-state index contributed by atoms with van der Waals surface area (Å²) in [6, 6.07) is 6.39. The topological polar surface area (TPSA) is 69.7 Å². The summed E-state index contributed by atoms with van der Waals surface area (Å²) < 4.78 is 25.0. The van der Waals surface area contributed by atoms with Gasteiger partial charge in [-0.25, -0.2) is 12.7 Å². The Morgan fingerprint density at radius 3 is 2.14 bits per heavy atom. The standard InChI is InChI=1S/C14H23N3O3S/c1-16(2)10-9-15-14(18)11-12-5-7-13(8-6-12)21(19,20)17(3)4/h5-8H,9-11H2,1-4H3,(H,15,18). The van der Waals surface area contributed by atoms with E-state index in [1.54, 1.807) is 12.1 Å². The molecule has 0 heterocycles. The number of likely N-dealkylation sites (N-methyl/N-ethyl adjacent to an activating group) is 1. The number of nitrogens with one attached hydrogen (secondary N) is 1. The number of rotatable bonds is 7. The molecule has 0 radical (unpaired) electrons. The molecule has 6 nitrogen and oxygen atoms in total. The maximum absolute atomic E-state index is 11.9. The third-order valence-corrected chi connectivity index (χ3v) is 4.78. The van der Waals surface area contributed by atoms with Gasteiger partial charge >= 0.3 is 0 Å². The van der Waals surface area contributed by atoms with Gasteiger partial charge in [-0.3, -0.25) is 4.79 Å². The Bertz CT molecular complexity index is 566. The van der Waals surface area contributed by atoms with E-state index < -0.39 is 10.0 Å². The molecule has 0 saturated carbocycles. The Balaban J connectivity index is 2.61. The average Bonchev–Trinajstić information content (AvgIpc) is 2.38. The van der Waals surface area contributed by atoms with Gasteiger partial charge in [-0.2, -0.15) is 0 Å².